The maximum absolute atomic E-state index is 13.5. The Hall–Kier alpha value is -2.96. The minimum atomic E-state index is -0.777. The van der Waals surface area contributed by atoms with Crippen LogP contribution in [0.2, 0.25) is 0 Å². The second-order valence-electron chi connectivity index (χ2n) is 6.26. The van der Waals surface area contributed by atoms with Crippen molar-refractivity contribution < 1.29 is 23.5 Å². The molecule has 0 radical (unpaired) electrons. The van der Waals surface area contributed by atoms with E-state index in [1.807, 2.05) is 0 Å². The molecular formula is C19H19FN2O4. The summed E-state index contributed by atoms with van der Waals surface area (Å²) in [6.07, 6.45) is 3.38. The van der Waals surface area contributed by atoms with Crippen LogP contribution in [0.5, 0.6) is 0 Å². The van der Waals surface area contributed by atoms with Gasteiger partial charge in [0.25, 0.3) is 5.91 Å². The van der Waals surface area contributed by atoms with E-state index >= 15 is 0 Å². The number of nitrogens with one attached hydrogen (secondary N) is 1. The lowest BCUT2D eigenvalue weighted by molar-refractivity contribution is 0.0474. The van der Waals surface area contributed by atoms with Crippen LogP contribution in [0.4, 0.5) is 4.39 Å². The van der Waals surface area contributed by atoms with E-state index in [1.54, 1.807) is 11.8 Å². The maximum atomic E-state index is 13.5. The van der Waals surface area contributed by atoms with Crippen molar-refractivity contribution in [1.82, 2.24) is 9.88 Å². The van der Waals surface area contributed by atoms with Gasteiger partial charge < -0.3 is 14.6 Å². The smallest absolute Gasteiger partial charge is 0.338 e. The van der Waals surface area contributed by atoms with E-state index < -0.39 is 24.2 Å². The molecule has 1 N–H and O–H groups in total. The summed E-state index contributed by atoms with van der Waals surface area (Å²) < 4.78 is 18.4. The molecular weight excluding hydrogens is 339 g/mol. The van der Waals surface area contributed by atoms with Crippen molar-refractivity contribution in [2.75, 3.05) is 19.7 Å². The monoisotopic (exact) mass is 358 g/mol. The van der Waals surface area contributed by atoms with Gasteiger partial charge in [-0.3, -0.25) is 9.59 Å². The van der Waals surface area contributed by atoms with Crippen LogP contribution in [0.15, 0.2) is 30.5 Å². The Bertz CT molecular complexity index is 853. The lowest BCUT2D eigenvalue weighted by Crippen LogP contribution is -2.27. The zero-order chi connectivity index (χ0) is 18.7. The molecule has 3 rings (SSSR count). The van der Waals surface area contributed by atoms with Gasteiger partial charge in [-0.2, -0.15) is 0 Å². The highest BCUT2D eigenvalue weighted by atomic mass is 19.1. The van der Waals surface area contributed by atoms with Crippen LogP contribution >= 0.6 is 0 Å². The van der Waals surface area contributed by atoms with Crippen molar-refractivity contribution in [1.29, 1.82) is 0 Å². The highest BCUT2D eigenvalue weighted by molar-refractivity contribution is 6.02. The number of esters is 1. The van der Waals surface area contributed by atoms with E-state index in [4.69, 9.17) is 4.74 Å². The third-order valence-electron chi connectivity index (χ3n) is 4.37. The van der Waals surface area contributed by atoms with Crippen molar-refractivity contribution in [2.24, 2.45) is 0 Å². The first-order valence-electron chi connectivity index (χ1n) is 8.40. The topological polar surface area (TPSA) is 79.5 Å². The maximum Gasteiger partial charge on any atom is 0.338 e. The summed E-state index contributed by atoms with van der Waals surface area (Å²) in [4.78, 5) is 40.9. The van der Waals surface area contributed by atoms with Crippen LogP contribution in [0.25, 0.3) is 0 Å². The predicted molar refractivity (Wildman–Crippen MR) is 91.7 cm³/mol. The molecule has 1 aromatic heterocycles. The normalized spacial score (nSPS) is 13.7. The molecule has 0 bridgehead atoms. The number of hydrogen-bond acceptors (Lipinski definition) is 4. The highest BCUT2D eigenvalue weighted by Crippen LogP contribution is 2.14. The zero-order valence-corrected chi connectivity index (χ0v) is 14.4. The van der Waals surface area contributed by atoms with Gasteiger partial charge in [-0.1, -0.05) is 6.07 Å². The fraction of sp³-hybridized carbons (Fsp3) is 0.316. The molecule has 26 heavy (non-hydrogen) atoms. The van der Waals surface area contributed by atoms with Gasteiger partial charge in [-0.15, -0.1) is 0 Å². The van der Waals surface area contributed by atoms with Crippen LogP contribution < -0.4 is 0 Å². The van der Waals surface area contributed by atoms with Gasteiger partial charge in [0.15, 0.2) is 6.61 Å². The molecule has 2 heterocycles. The Morgan fingerprint density at radius 2 is 1.88 bits per heavy atom. The molecule has 1 saturated heterocycles. The quantitative estimate of drug-likeness (QED) is 0.658. The van der Waals surface area contributed by atoms with E-state index in [0.29, 0.717) is 24.3 Å². The minimum Gasteiger partial charge on any atom is -0.454 e. The summed E-state index contributed by atoms with van der Waals surface area (Å²) in [5.74, 6) is -1.88. The number of H-pyrrole nitrogens is 1. The van der Waals surface area contributed by atoms with Crippen molar-refractivity contribution in [3.05, 3.63) is 58.7 Å². The fourth-order valence-electron chi connectivity index (χ4n) is 2.79. The Balaban J connectivity index is 1.59. The van der Waals surface area contributed by atoms with Crippen LogP contribution in [-0.4, -0.2) is 47.2 Å². The molecule has 0 unspecified atom stereocenters. The van der Waals surface area contributed by atoms with Gasteiger partial charge in [0.05, 0.1) is 5.56 Å². The van der Waals surface area contributed by atoms with Crippen molar-refractivity contribution in [2.45, 2.75) is 19.8 Å². The number of Topliss-reactive ketones (excluding diaryl/α,β-unsaturated/α-hetero) is 1. The molecule has 6 nitrogen and oxygen atoms in total. The number of likely N-dealkylation sites (tertiary alicyclic amines) is 1. The third-order valence-corrected chi connectivity index (χ3v) is 4.37. The molecule has 1 aromatic carbocycles. The number of rotatable bonds is 5. The van der Waals surface area contributed by atoms with Crippen molar-refractivity contribution in [3.63, 3.8) is 0 Å². The van der Waals surface area contributed by atoms with Crippen molar-refractivity contribution >= 4 is 17.7 Å². The summed E-state index contributed by atoms with van der Waals surface area (Å²) in [5.41, 5.74) is 1.05. The van der Waals surface area contributed by atoms with Gasteiger partial charge in [0.1, 0.15) is 11.5 Å². The number of halogens is 1. The number of carbonyl (C=O) groups excluding carboxylic acids is 3. The molecule has 0 aliphatic carbocycles. The Morgan fingerprint density at radius 1 is 1.15 bits per heavy atom. The Morgan fingerprint density at radius 3 is 2.58 bits per heavy atom. The average molecular weight is 358 g/mol. The molecule has 1 amide bonds. The molecule has 1 aliphatic rings. The van der Waals surface area contributed by atoms with E-state index in [2.05, 4.69) is 4.98 Å². The van der Waals surface area contributed by atoms with Crippen LogP contribution in [0.1, 0.15) is 49.6 Å². The molecule has 0 spiro atoms. The second-order valence-corrected chi connectivity index (χ2v) is 6.26. The Kier molecular flexibility index (Phi) is 5.16. The molecule has 2 aromatic rings. The number of ether oxygens (including phenoxy) is 1. The molecule has 1 fully saturated rings. The number of hydrogen-bond donors (Lipinski definition) is 1. The van der Waals surface area contributed by atoms with Crippen LogP contribution in [-0.2, 0) is 4.74 Å². The SMILES string of the molecule is Cc1ccc(C(=O)OCC(=O)c2c[nH]c(C(=O)N3CCCC3)c2)cc1F. The van der Waals surface area contributed by atoms with Gasteiger partial charge in [0.2, 0.25) is 5.78 Å². The number of aryl methyl sites for hydroxylation is 1. The fourth-order valence-corrected chi connectivity index (χ4v) is 2.79. The zero-order valence-electron chi connectivity index (χ0n) is 14.4. The summed E-state index contributed by atoms with van der Waals surface area (Å²) in [6.45, 7) is 2.53. The molecule has 1 aliphatic heterocycles. The summed E-state index contributed by atoms with van der Waals surface area (Å²) in [6, 6.07) is 5.44. The summed E-state index contributed by atoms with van der Waals surface area (Å²) in [5, 5.41) is 0. The lowest BCUT2D eigenvalue weighted by atomic mass is 10.1. The first-order chi connectivity index (χ1) is 12.5. The second kappa shape index (κ2) is 7.51. The molecule has 0 saturated carbocycles. The number of ketones is 1. The number of aromatic amines is 1. The number of aromatic nitrogens is 1. The first kappa shape index (κ1) is 17.8. The van der Waals surface area contributed by atoms with E-state index in [9.17, 15) is 18.8 Å². The van der Waals surface area contributed by atoms with E-state index in [0.717, 1.165) is 18.9 Å². The predicted octanol–water partition coefficient (Wildman–Crippen LogP) is 2.74. The van der Waals surface area contributed by atoms with Crippen LogP contribution in [0, 0.1) is 12.7 Å². The highest BCUT2D eigenvalue weighted by Gasteiger charge is 2.22. The molecule has 7 heteroatoms. The van der Waals surface area contributed by atoms with E-state index in [-0.39, 0.29) is 17.0 Å². The minimum absolute atomic E-state index is 0.0415. The van der Waals surface area contributed by atoms with Gasteiger partial charge >= 0.3 is 5.97 Å². The summed E-state index contributed by atoms with van der Waals surface area (Å²) >= 11 is 0. The largest absolute Gasteiger partial charge is 0.454 e. The lowest BCUT2D eigenvalue weighted by Gasteiger charge is -2.13. The van der Waals surface area contributed by atoms with Gasteiger partial charge in [-0.05, 0) is 43.5 Å². The number of amides is 1. The van der Waals surface area contributed by atoms with Gasteiger partial charge in [-0.25, -0.2) is 9.18 Å². The molecule has 136 valence electrons. The van der Waals surface area contributed by atoms with Crippen LogP contribution in [0.3, 0.4) is 0 Å². The molecule has 0 atom stereocenters. The Labute approximate surface area is 149 Å². The van der Waals surface area contributed by atoms with Gasteiger partial charge in [0, 0.05) is 24.8 Å². The average Bonchev–Trinajstić information content (AvgIpc) is 3.33. The summed E-state index contributed by atoms with van der Waals surface area (Å²) in [7, 11) is 0. The number of carbonyl (C=O) groups is 3. The number of nitrogens with zero attached hydrogens (tertiary/aromatic N) is 1. The number of benzene rings is 1. The standard InChI is InChI=1S/C19H19FN2O4/c1-12-4-5-13(8-15(12)20)19(25)26-11-17(23)14-9-16(21-10-14)18(24)22-6-2-3-7-22/h4-5,8-10,21H,2-3,6-7,11H2,1H3. The van der Waals surface area contributed by atoms with E-state index in [1.165, 1.54) is 24.4 Å². The third kappa shape index (κ3) is 3.82. The van der Waals surface area contributed by atoms with Crippen molar-refractivity contribution in [3.8, 4) is 0 Å². The first-order valence-corrected chi connectivity index (χ1v) is 8.40.